The Morgan fingerprint density at radius 1 is 1.15 bits per heavy atom. The van der Waals surface area contributed by atoms with Crippen LogP contribution in [0.4, 0.5) is 0 Å². The van der Waals surface area contributed by atoms with Gasteiger partial charge in [0.2, 0.25) is 0 Å². The predicted molar refractivity (Wildman–Crippen MR) is 52.5 cm³/mol. The van der Waals surface area contributed by atoms with Crippen LogP contribution in [0, 0.1) is 0 Å². The van der Waals surface area contributed by atoms with Crippen molar-refractivity contribution in [1.29, 1.82) is 0 Å². The minimum Gasteiger partial charge on any atom is -0.329 e. The van der Waals surface area contributed by atoms with Gasteiger partial charge in [0.05, 0.1) is 0 Å². The molecule has 0 aliphatic carbocycles. The quantitative estimate of drug-likeness (QED) is 0.464. The smallest absolute Gasteiger partial charge is 0.329 e. The van der Waals surface area contributed by atoms with Crippen molar-refractivity contribution in [3.05, 3.63) is 29.3 Å². The number of halogens is 3. The molecule has 0 heterocycles. The summed E-state index contributed by atoms with van der Waals surface area (Å²) < 4.78 is 14.8. The average molecular weight is 261 g/mol. The van der Waals surface area contributed by atoms with Crippen LogP contribution < -0.4 is 4.89 Å². The van der Waals surface area contributed by atoms with Crippen molar-refractivity contribution in [2.45, 2.75) is 0 Å². The largest absolute Gasteiger partial charge is 0.417 e. The molecular weight excluding hydrogens is 257 g/mol. The zero-order valence-corrected chi connectivity index (χ0v) is 9.28. The summed E-state index contributed by atoms with van der Waals surface area (Å²) in [6.07, 6.45) is -3.65. The zero-order valence-electron chi connectivity index (χ0n) is 6.12. The Labute approximate surface area is 89.5 Å². The lowest BCUT2D eigenvalue weighted by Crippen LogP contribution is -1.88. The van der Waals surface area contributed by atoms with Crippen LogP contribution in [0.15, 0.2) is 24.3 Å². The summed E-state index contributed by atoms with van der Waals surface area (Å²) in [7, 11) is 0. The van der Waals surface area contributed by atoms with Crippen molar-refractivity contribution in [3.8, 4) is 5.75 Å². The molecule has 0 unspecified atom stereocenters. The first-order chi connectivity index (χ1) is 5.97. The van der Waals surface area contributed by atoms with E-state index in [0.29, 0.717) is 10.8 Å². The van der Waals surface area contributed by atoms with Crippen molar-refractivity contribution in [3.63, 3.8) is 0 Å². The van der Waals surface area contributed by atoms with Gasteiger partial charge in [-0.1, -0.05) is 16.3 Å². The molecule has 0 aliphatic heterocycles. The summed E-state index contributed by atoms with van der Waals surface area (Å²) in [4.78, 5) is 4.54. The van der Waals surface area contributed by atoms with Crippen LogP contribution in [0.5, 0.6) is 5.75 Å². The fraction of sp³-hybridized carbons (Fsp3) is 0. The molecule has 7 heteroatoms. The van der Waals surface area contributed by atoms with Crippen LogP contribution in [-0.4, -0.2) is 0 Å². The lowest BCUT2D eigenvalue weighted by molar-refractivity contribution is -0.0906. The lowest BCUT2D eigenvalue weighted by Gasteiger charge is -2.03. The highest BCUT2D eigenvalue weighted by Gasteiger charge is 2.16. The third-order valence-electron chi connectivity index (χ3n) is 1.03. The van der Waals surface area contributed by atoms with Gasteiger partial charge in [-0.3, -0.25) is 4.57 Å². The monoisotopic (exact) mass is 260 g/mol. The first kappa shape index (κ1) is 11.2. The second-order valence-electron chi connectivity index (χ2n) is 2.03. The third kappa shape index (κ3) is 4.75. The summed E-state index contributed by atoms with van der Waals surface area (Å²) in [5, 5.41) is 0.548. The average Bonchev–Trinajstić information content (AvgIpc) is 2.02. The molecule has 0 saturated heterocycles. The maximum Gasteiger partial charge on any atom is 0.417 e. The van der Waals surface area contributed by atoms with Gasteiger partial charge in [0, 0.05) is 5.02 Å². The Morgan fingerprint density at radius 2 is 1.69 bits per heavy atom. The van der Waals surface area contributed by atoms with Gasteiger partial charge in [-0.05, 0) is 46.7 Å². The highest BCUT2D eigenvalue weighted by Crippen LogP contribution is 2.57. The van der Waals surface area contributed by atoms with Crippen molar-refractivity contribution >= 4 is 40.2 Å². The van der Waals surface area contributed by atoms with Crippen LogP contribution in [0.25, 0.3) is 0 Å². The van der Waals surface area contributed by atoms with E-state index in [1.807, 2.05) is 0 Å². The highest BCUT2D eigenvalue weighted by molar-refractivity contribution is 8.05. The normalized spacial score (nSPS) is 11.3. The second kappa shape index (κ2) is 4.54. The molecular formula is C6H4Cl3O3P. The highest BCUT2D eigenvalue weighted by atomic mass is 35.9. The molecule has 0 saturated carbocycles. The second-order valence-corrected chi connectivity index (χ2v) is 6.63. The Morgan fingerprint density at radius 3 is 2.15 bits per heavy atom. The molecule has 1 aromatic rings. The first-order valence-corrected chi connectivity index (χ1v) is 6.90. The maximum atomic E-state index is 10.6. The van der Waals surface area contributed by atoms with Gasteiger partial charge >= 0.3 is 6.07 Å². The number of benzene rings is 1. The number of hydrogen-bond donors (Lipinski definition) is 0. The minimum atomic E-state index is -3.65. The molecule has 3 nitrogen and oxygen atoms in total. The van der Waals surface area contributed by atoms with Crippen LogP contribution >= 0.6 is 40.2 Å². The molecule has 0 amide bonds. The van der Waals surface area contributed by atoms with Gasteiger partial charge in [0.1, 0.15) is 0 Å². The van der Waals surface area contributed by atoms with Crippen LogP contribution in [0.1, 0.15) is 0 Å². The molecule has 72 valence electrons. The zero-order chi connectivity index (χ0) is 9.90. The van der Waals surface area contributed by atoms with E-state index in [4.69, 9.17) is 34.1 Å². The number of rotatable bonds is 3. The van der Waals surface area contributed by atoms with Gasteiger partial charge in [-0.2, -0.15) is 0 Å². The molecule has 1 aromatic carbocycles. The molecule has 0 aliphatic rings. The lowest BCUT2D eigenvalue weighted by atomic mass is 10.3. The van der Waals surface area contributed by atoms with E-state index in [-0.39, 0.29) is 0 Å². The van der Waals surface area contributed by atoms with Gasteiger partial charge < -0.3 is 4.89 Å². The summed E-state index contributed by atoms with van der Waals surface area (Å²) >= 11 is 15.7. The molecule has 0 atom stereocenters. The van der Waals surface area contributed by atoms with Gasteiger partial charge in [-0.15, -0.1) is 0 Å². The van der Waals surface area contributed by atoms with Gasteiger partial charge in [0.25, 0.3) is 0 Å². The molecule has 0 N–H and O–H groups in total. The predicted octanol–water partition coefficient (Wildman–Crippen LogP) is 4.24. The minimum absolute atomic E-state index is 0.311. The molecule has 0 spiro atoms. The van der Waals surface area contributed by atoms with Crippen molar-refractivity contribution in [2.75, 3.05) is 0 Å². The van der Waals surface area contributed by atoms with E-state index < -0.39 is 6.07 Å². The molecule has 0 bridgehead atoms. The van der Waals surface area contributed by atoms with Crippen molar-refractivity contribution in [1.82, 2.24) is 0 Å². The van der Waals surface area contributed by atoms with Gasteiger partial charge in [0.15, 0.2) is 5.75 Å². The van der Waals surface area contributed by atoms with E-state index >= 15 is 0 Å². The Kier molecular flexibility index (Phi) is 3.89. The fourth-order valence-electron chi connectivity index (χ4n) is 0.577. The van der Waals surface area contributed by atoms with E-state index in [0.717, 1.165) is 0 Å². The summed E-state index contributed by atoms with van der Waals surface area (Å²) in [5.74, 6) is 0.311. The van der Waals surface area contributed by atoms with Crippen LogP contribution in [0.2, 0.25) is 5.02 Å². The van der Waals surface area contributed by atoms with Crippen LogP contribution in [0.3, 0.4) is 0 Å². The topological polar surface area (TPSA) is 35.5 Å². The molecule has 13 heavy (non-hydrogen) atoms. The Balaban J connectivity index is 2.56. The van der Waals surface area contributed by atoms with Crippen LogP contribution in [-0.2, 0) is 9.24 Å². The van der Waals surface area contributed by atoms with Crippen molar-refractivity contribution < 1.29 is 14.1 Å². The van der Waals surface area contributed by atoms with E-state index in [1.165, 1.54) is 12.1 Å². The van der Waals surface area contributed by atoms with Gasteiger partial charge in [-0.25, -0.2) is 0 Å². The van der Waals surface area contributed by atoms with E-state index in [9.17, 15) is 4.57 Å². The first-order valence-electron chi connectivity index (χ1n) is 3.08. The summed E-state index contributed by atoms with van der Waals surface area (Å²) in [6, 6.07) is 6.19. The molecule has 1 rings (SSSR count). The molecule has 0 radical (unpaired) electrons. The maximum absolute atomic E-state index is 10.6. The third-order valence-corrected chi connectivity index (χ3v) is 1.87. The summed E-state index contributed by atoms with van der Waals surface area (Å²) in [5.41, 5.74) is 0. The summed E-state index contributed by atoms with van der Waals surface area (Å²) in [6.45, 7) is 0. The van der Waals surface area contributed by atoms with E-state index in [1.54, 1.807) is 12.1 Å². The Bertz CT molecular complexity index is 320. The Hall–Kier alpha value is 0.0800. The fourth-order valence-corrected chi connectivity index (χ4v) is 1.04. The van der Waals surface area contributed by atoms with Crippen molar-refractivity contribution in [2.24, 2.45) is 0 Å². The molecule has 0 aromatic heterocycles. The standard InChI is InChI=1S/C6H4Cl3O3P/c7-5-1-3-6(4-2-5)11-12-13(8,9)10/h1-4H. The van der Waals surface area contributed by atoms with E-state index in [2.05, 4.69) is 9.56 Å². The molecule has 0 fully saturated rings. The SMILES string of the molecule is O=P(Cl)(Cl)OOc1ccc(Cl)cc1. The number of hydrogen-bond acceptors (Lipinski definition) is 3.